The average Bonchev–Trinajstić information content (AvgIpc) is 3.12. The van der Waals surface area contributed by atoms with E-state index in [0.717, 1.165) is 10.7 Å². The number of rotatable bonds is 5. The second-order valence-electron chi connectivity index (χ2n) is 9.09. The number of carbonyl (C=O) groups excluding carboxylic acids is 2. The predicted octanol–water partition coefficient (Wildman–Crippen LogP) is 2.43. The Morgan fingerprint density at radius 2 is 1.85 bits per heavy atom. The van der Waals surface area contributed by atoms with Crippen LogP contribution in [0.15, 0.2) is 12.1 Å². The van der Waals surface area contributed by atoms with Crippen LogP contribution in [0.2, 0.25) is 0 Å². The number of fused-ring (bicyclic) bond motifs is 1. The fraction of sp³-hybridized carbons (Fsp3) is 0.500. The smallest absolute Gasteiger partial charge is 0.343 e. The largest absolute Gasteiger partial charge is 0.395 e. The summed E-state index contributed by atoms with van der Waals surface area (Å²) in [7, 11) is 1.74. The zero-order chi connectivity index (χ0) is 24.5. The molecular weight excluding hydrogens is 439 g/mol. The third-order valence-electron chi connectivity index (χ3n) is 5.51. The van der Waals surface area contributed by atoms with Crippen LogP contribution < -0.4 is 15.5 Å². The Morgan fingerprint density at radius 3 is 2.48 bits per heavy atom. The SMILES string of the molecule is CN1CCCc2c1c(-c1cc(F)c(F)cc1F)nn2C(=O)NC(C(=O)NCCO)C(C)(C)C. The summed E-state index contributed by atoms with van der Waals surface area (Å²) in [5.41, 5.74) is -0.00900. The maximum atomic E-state index is 14.6. The van der Waals surface area contributed by atoms with E-state index >= 15 is 0 Å². The van der Waals surface area contributed by atoms with Crippen molar-refractivity contribution in [2.45, 2.75) is 39.7 Å². The van der Waals surface area contributed by atoms with Crippen molar-refractivity contribution in [1.29, 1.82) is 0 Å². The van der Waals surface area contributed by atoms with Crippen molar-refractivity contribution in [1.82, 2.24) is 20.4 Å². The van der Waals surface area contributed by atoms with Crippen molar-refractivity contribution in [3.8, 4) is 11.3 Å². The molecule has 2 heterocycles. The molecule has 1 aromatic carbocycles. The standard InChI is InChI=1S/C22H28F3N5O3/c1-22(2,3)19(20(32)26-7-9-31)27-21(33)30-16-6-5-8-29(4)18(16)17(28-30)12-10-14(24)15(25)11-13(12)23/h10-11,19,31H,5-9H2,1-4H3,(H,26,32)(H,27,33). The van der Waals surface area contributed by atoms with Crippen LogP contribution in [0.1, 0.15) is 32.9 Å². The van der Waals surface area contributed by atoms with Gasteiger partial charge >= 0.3 is 6.03 Å². The molecule has 2 aromatic rings. The van der Waals surface area contributed by atoms with E-state index < -0.39 is 40.8 Å². The summed E-state index contributed by atoms with van der Waals surface area (Å²) in [6.45, 7) is 5.69. The number of halogens is 3. The third kappa shape index (κ3) is 4.97. The number of hydrogen-bond acceptors (Lipinski definition) is 5. The first-order chi connectivity index (χ1) is 15.5. The molecule has 1 aromatic heterocycles. The first kappa shape index (κ1) is 24.6. The van der Waals surface area contributed by atoms with Crippen LogP contribution in [-0.2, 0) is 11.2 Å². The molecular formula is C22H28F3N5O3. The molecule has 180 valence electrons. The van der Waals surface area contributed by atoms with Gasteiger partial charge in [-0.3, -0.25) is 4.79 Å². The molecule has 33 heavy (non-hydrogen) atoms. The predicted molar refractivity (Wildman–Crippen MR) is 116 cm³/mol. The van der Waals surface area contributed by atoms with E-state index in [-0.39, 0.29) is 24.4 Å². The van der Waals surface area contributed by atoms with Crippen molar-refractivity contribution < 1.29 is 27.9 Å². The van der Waals surface area contributed by atoms with Gasteiger partial charge in [-0.05, 0) is 24.3 Å². The number of aromatic nitrogens is 2. The lowest BCUT2D eigenvalue weighted by atomic mass is 9.86. The number of hydrogen-bond donors (Lipinski definition) is 3. The fourth-order valence-corrected chi connectivity index (χ4v) is 3.86. The number of benzene rings is 1. The van der Waals surface area contributed by atoms with Crippen LogP contribution in [0, 0.1) is 22.9 Å². The van der Waals surface area contributed by atoms with Gasteiger partial charge in [0.15, 0.2) is 11.6 Å². The van der Waals surface area contributed by atoms with Gasteiger partial charge in [-0.1, -0.05) is 20.8 Å². The topological polar surface area (TPSA) is 99.5 Å². The van der Waals surface area contributed by atoms with Gasteiger partial charge in [0.1, 0.15) is 17.6 Å². The van der Waals surface area contributed by atoms with Gasteiger partial charge in [0, 0.05) is 31.8 Å². The van der Waals surface area contributed by atoms with Crippen molar-refractivity contribution in [3.63, 3.8) is 0 Å². The number of amides is 2. The van der Waals surface area contributed by atoms with E-state index in [9.17, 15) is 22.8 Å². The molecule has 3 rings (SSSR count). The van der Waals surface area contributed by atoms with Crippen molar-refractivity contribution in [3.05, 3.63) is 35.3 Å². The molecule has 0 aliphatic carbocycles. The van der Waals surface area contributed by atoms with Crippen molar-refractivity contribution >= 4 is 17.6 Å². The highest BCUT2D eigenvalue weighted by Crippen LogP contribution is 2.38. The summed E-state index contributed by atoms with van der Waals surface area (Å²) in [6.07, 6.45) is 1.14. The molecule has 8 nitrogen and oxygen atoms in total. The van der Waals surface area contributed by atoms with Crippen LogP contribution in [0.5, 0.6) is 0 Å². The molecule has 1 aliphatic rings. The van der Waals surface area contributed by atoms with Gasteiger partial charge < -0.3 is 20.6 Å². The van der Waals surface area contributed by atoms with E-state index in [1.807, 2.05) is 0 Å². The zero-order valence-corrected chi connectivity index (χ0v) is 19.0. The molecule has 0 saturated carbocycles. The van der Waals surface area contributed by atoms with Gasteiger partial charge in [0.2, 0.25) is 5.91 Å². The second kappa shape index (κ2) is 9.42. The summed E-state index contributed by atoms with van der Waals surface area (Å²) >= 11 is 0. The van der Waals surface area contributed by atoms with E-state index in [2.05, 4.69) is 15.7 Å². The minimum Gasteiger partial charge on any atom is -0.395 e. The molecule has 11 heteroatoms. The van der Waals surface area contributed by atoms with Crippen molar-refractivity contribution in [2.24, 2.45) is 5.41 Å². The minimum atomic E-state index is -1.32. The molecule has 1 aliphatic heterocycles. The Morgan fingerprint density at radius 1 is 1.18 bits per heavy atom. The van der Waals surface area contributed by atoms with Gasteiger partial charge in [-0.2, -0.15) is 9.78 Å². The monoisotopic (exact) mass is 467 g/mol. The molecule has 2 amide bonds. The van der Waals surface area contributed by atoms with Gasteiger partial charge in [0.25, 0.3) is 0 Å². The number of carbonyl (C=O) groups is 2. The number of nitrogens with one attached hydrogen (secondary N) is 2. The normalized spacial score (nSPS) is 14.6. The molecule has 0 radical (unpaired) electrons. The number of anilines is 1. The maximum absolute atomic E-state index is 14.6. The Kier molecular flexibility index (Phi) is 7.01. The Hall–Kier alpha value is -3.08. The highest BCUT2D eigenvalue weighted by molar-refractivity contribution is 5.90. The molecule has 0 fully saturated rings. The van der Waals surface area contributed by atoms with Crippen LogP contribution in [0.3, 0.4) is 0 Å². The van der Waals surface area contributed by atoms with E-state index in [0.29, 0.717) is 36.8 Å². The Labute approximate surface area is 189 Å². The molecule has 3 N–H and O–H groups in total. The van der Waals surface area contributed by atoms with Crippen LogP contribution in [0.4, 0.5) is 23.7 Å². The number of nitrogens with zero attached hydrogens (tertiary/aromatic N) is 3. The highest BCUT2D eigenvalue weighted by Gasteiger charge is 2.35. The highest BCUT2D eigenvalue weighted by atomic mass is 19.2. The molecule has 0 bridgehead atoms. The molecule has 0 spiro atoms. The first-order valence-corrected chi connectivity index (χ1v) is 10.6. The van der Waals surface area contributed by atoms with E-state index in [1.165, 1.54) is 0 Å². The van der Waals surface area contributed by atoms with Crippen molar-refractivity contribution in [2.75, 3.05) is 31.6 Å². The van der Waals surface area contributed by atoms with Crippen LogP contribution in [0.25, 0.3) is 11.3 Å². The number of aliphatic hydroxyl groups is 1. The first-order valence-electron chi connectivity index (χ1n) is 10.6. The Bertz CT molecular complexity index is 1060. The minimum absolute atomic E-state index is 0.00999. The summed E-state index contributed by atoms with van der Waals surface area (Å²) in [5, 5.41) is 18.5. The van der Waals surface area contributed by atoms with Gasteiger partial charge in [-0.25, -0.2) is 18.0 Å². The quantitative estimate of drug-likeness (QED) is 0.587. The number of aliphatic hydroxyl groups excluding tert-OH is 1. The fourth-order valence-electron chi connectivity index (χ4n) is 3.86. The lowest BCUT2D eigenvalue weighted by Gasteiger charge is -2.30. The second-order valence-corrected chi connectivity index (χ2v) is 9.09. The lowest BCUT2D eigenvalue weighted by molar-refractivity contribution is -0.125. The van der Waals surface area contributed by atoms with E-state index in [1.54, 1.807) is 32.7 Å². The Balaban J connectivity index is 2.05. The zero-order valence-electron chi connectivity index (χ0n) is 19.0. The maximum Gasteiger partial charge on any atom is 0.343 e. The lowest BCUT2D eigenvalue weighted by Crippen LogP contribution is -2.55. The summed E-state index contributed by atoms with van der Waals surface area (Å²) in [6, 6.07) is -0.505. The molecule has 0 saturated heterocycles. The summed E-state index contributed by atoms with van der Waals surface area (Å²) < 4.78 is 43.0. The van der Waals surface area contributed by atoms with Gasteiger partial charge in [-0.15, -0.1) is 0 Å². The van der Waals surface area contributed by atoms with Gasteiger partial charge in [0.05, 0.1) is 18.0 Å². The summed E-state index contributed by atoms with van der Waals surface area (Å²) in [5.74, 6) is -4.03. The third-order valence-corrected chi connectivity index (χ3v) is 5.51. The summed E-state index contributed by atoms with van der Waals surface area (Å²) in [4.78, 5) is 27.6. The van der Waals surface area contributed by atoms with Crippen LogP contribution in [-0.4, -0.2) is 59.6 Å². The molecule has 1 unspecified atom stereocenters. The average molecular weight is 467 g/mol. The van der Waals surface area contributed by atoms with Crippen LogP contribution >= 0.6 is 0 Å². The van der Waals surface area contributed by atoms with E-state index in [4.69, 9.17) is 5.11 Å². The molecule has 1 atom stereocenters.